The highest BCUT2D eigenvalue weighted by Gasteiger charge is 2.02. The van der Waals surface area contributed by atoms with Crippen molar-refractivity contribution in [3.63, 3.8) is 0 Å². The van der Waals surface area contributed by atoms with E-state index in [1.165, 1.54) is 24.8 Å². The van der Waals surface area contributed by atoms with E-state index in [2.05, 4.69) is 36.2 Å². The molecule has 1 aromatic carbocycles. The van der Waals surface area contributed by atoms with E-state index in [0.717, 1.165) is 17.7 Å². The van der Waals surface area contributed by atoms with Crippen LogP contribution >= 0.6 is 12.4 Å². The van der Waals surface area contributed by atoms with Crippen molar-refractivity contribution in [2.75, 3.05) is 0 Å². The number of rotatable bonds is 6. The lowest BCUT2D eigenvalue weighted by atomic mass is 10.0. The monoisotopic (exact) mass is 303 g/mol. The number of hydrogen-bond donors (Lipinski definition) is 2. The van der Waals surface area contributed by atoms with Gasteiger partial charge in [0.25, 0.3) is 0 Å². The molecule has 0 aliphatic carbocycles. The Bertz CT molecular complexity index is 562. The van der Waals surface area contributed by atoms with Gasteiger partial charge in [0, 0.05) is 17.3 Å². The maximum atomic E-state index is 7.36. The van der Waals surface area contributed by atoms with E-state index >= 15 is 0 Å². The standard InChI is InChI=1S/C17H21N3.ClH/c1-2-3-4-5-13-6-8-14(9-7-13)16-11-10-15(12-20-16)17(18)19;/h6-12H,2-5H2,1H3,(H3,18,19);1H. The fraction of sp³-hybridized carbons (Fsp3) is 0.294. The van der Waals surface area contributed by atoms with Gasteiger partial charge < -0.3 is 5.73 Å². The van der Waals surface area contributed by atoms with Crippen molar-refractivity contribution in [3.8, 4) is 11.3 Å². The van der Waals surface area contributed by atoms with Gasteiger partial charge in [-0.25, -0.2) is 0 Å². The zero-order valence-electron chi connectivity index (χ0n) is 12.3. The lowest BCUT2D eigenvalue weighted by Crippen LogP contribution is -2.11. The fourth-order valence-electron chi connectivity index (χ4n) is 2.15. The molecule has 21 heavy (non-hydrogen) atoms. The molecule has 1 aromatic heterocycles. The third-order valence-electron chi connectivity index (χ3n) is 3.39. The minimum Gasteiger partial charge on any atom is -0.384 e. The first kappa shape index (κ1) is 17.2. The Morgan fingerprint density at radius 2 is 1.81 bits per heavy atom. The highest BCUT2D eigenvalue weighted by molar-refractivity contribution is 5.94. The summed E-state index contributed by atoms with van der Waals surface area (Å²) >= 11 is 0. The summed E-state index contributed by atoms with van der Waals surface area (Å²) in [5.41, 5.74) is 9.47. The molecule has 2 rings (SSSR count). The van der Waals surface area contributed by atoms with E-state index in [1.54, 1.807) is 6.20 Å². The largest absolute Gasteiger partial charge is 0.384 e. The minimum absolute atomic E-state index is 0. The summed E-state index contributed by atoms with van der Waals surface area (Å²) in [6, 6.07) is 12.3. The van der Waals surface area contributed by atoms with Crippen LogP contribution in [-0.4, -0.2) is 10.8 Å². The van der Waals surface area contributed by atoms with Crippen molar-refractivity contribution in [1.82, 2.24) is 4.98 Å². The van der Waals surface area contributed by atoms with Gasteiger partial charge in [-0.15, -0.1) is 12.4 Å². The molecule has 3 nitrogen and oxygen atoms in total. The van der Waals surface area contributed by atoms with E-state index in [4.69, 9.17) is 11.1 Å². The van der Waals surface area contributed by atoms with Gasteiger partial charge in [0.05, 0.1) is 5.69 Å². The molecule has 0 spiro atoms. The normalized spacial score (nSPS) is 9.95. The van der Waals surface area contributed by atoms with Crippen LogP contribution < -0.4 is 5.73 Å². The molecule has 112 valence electrons. The lowest BCUT2D eigenvalue weighted by Gasteiger charge is -2.05. The van der Waals surface area contributed by atoms with E-state index in [1.807, 2.05) is 12.1 Å². The molecule has 0 aliphatic heterocycles. The zero-order valence-corrected chi connectivity index (χ0v) is 13.1. The van der Waals surface area contributed by atoms with Crippen molar-refractivity contribution in [2.24, 2.45) is 5.73 Å². The van der Waals surface area contributed by atoms with Crippen LogP contribution in [0.1, 0.15) is 37.3 Å². The maximum absolute atomic E-state index is 7.36. The molecule has 0 unspecified atom stereocenters. The lowest BCUT2D eigenvalue weighted by molar-refractivity contribution is 0.717. The van der Waals surface area contributed by atoms with Crippen molar-refractivity contribution in [1.29, 1.82) is 5.41 Å². The maximum Gasteiger partial charge on any atom is 0.124 e. The molecule has 0 radical (unpaired) electrons. The molecule has 2 aromatic rings. The van der Waals surface area contributed by atoms with Crippen LogP contribution in [0.15, 0.2) is 42.6 Å². The molecule has 1 heterocycles. The summed E-state index contributed by atoms with van der Waals surface area (Å²) in [4.78, 5) is 4.35. The molecule has 4 heteroatoms. The first-order valence-corrected chi connectivity index (χ1v) is 7.10. The summed E-state index contributed by atoms with van der Waals surface area (Å²) in [5.74, 6) is 0.0512. The van der Waals surface area contributed by atoms with Crippen LogP contribution in [-0.2, 0) is 6.42 Å². The Kier molecular flexibility index (Phi) is 6.89. The summed E-state index contributed by atoms with van der Waals surface area (Å²) < 4.78 is 0. The average molecular weight is 304 g/mol. The van der Waals surface area contributed by atoms with Crippen molar-refractivity contribution in [3.05, 3.63) is 53.7 Å². The molecular formula is C17H22ClN3. The van der Waals surface area contributed by atoms with Crippen LogP contribution in [0.5, 0.6) is 0 Å². The van der Waals surface area contributed by atoms with Gasteiger partial charge in [-0.05, 0) is 30.5 Å². The van der Waals surface area contributed by atoms with Crippen LogP contribution in [0.4, 0.5) is 0 Å². The van der Waals surface area contributed by atoms with Gasteiger partial charge in [0.1, 0.15) is 5.84 Å². The topological polar surface area (TPSA) is 62.8 Å². The van der Waals surface area contributed by atoms with Gasteiger partial charge in [0.2, 0.25) is 0 Å². The van der Waals surface area contributed by atoms with Gasteiger partial charge >= 0.3 is 0 Å². The number of pyridine rings is 1. The first-order chi connectivity index (χ1) is 9.70. The number of unbranched alkanes of at least 4 members (excludes halogenated alkanes) is 2. The predicted molar refractivity (Wildman–Crippen MR) is 91.2 cm³/mol. The number of nitrogen functional groups attached to an aromatic ring is 1. The Morgan fingerprint density at radius 3 is 2.33 bits per heavy atom. The van der Waals surface area contributed by atoms with Crippen LogP contribution in [0.25, 0.3) is 11.3 Å². The SMILES string of the molecule is CCCCCc1ccc(-c2ccc(C(=N)N)cn2)cc1.Cl. The van der Waals surface area contributed by atoms with Gasteiger partial charge in [-0.2, -0.15) is 0 Å². The summed E-state index contributed by atoms with van der Waals surface area (Å²) in [6.07, 6.45) is 6.58. The van der Waals surface area contributed by atoms with Crippen LogP contribution in [0.2, 0.25) is 0 Å². The van der Waals surface area contributed by atoms with Crippen LogP contribution in [0.3, 0.4) is 0 Å². The molecule has 0 saturated carbocycles. The molecule has 0 aliphatic rings. The minimum atomic E-state index is 0. The molecule has 0 bridgehead atoms. The zero-order chi connectivity index (χ0) is 14.4. The van der Waals surface area contributed by atoms with Crippen molar-refractivity contribution >= 4 is 18.2 Å². The van der Waals surface area contributed by atoms with E-state index in [0.29, 0.717) is 5.56 Å². The second-order valence-corrected chi connectivity index (χ2v) is 5.00. The number of aryl methyl sites for hydroxylation is 1. The van der Waals surface area contributed by atoms with Gasteiger partial charge in [-0.1, -0.05) is 44.0 Å². The molecule has 0 atom stereocenters. The average Bonchev–Trinajstić information content (AvgIpc) is 2.48. The second kappa shape index (κ2) is 8.42. The molecular weight excluding hydrogens is 282 g/mol. The Morgan fingerprint density at radius 1 is 1.10 bits per heavy atom. The number of hydrogen-bond acceptors (Lipinski definition) is 2. The second-order valence-electron chi connectivity index (χ2n) is 5.00. The number of nitrogens with one attached hydrogen (secondary N) is 1. The van der Waals surface area contributed by atoms with E-state index in [-0.39, 0.29) is 18.2 Å². The molecule has 3 N–H and O–H groups in total. The quantitative estimate of drug-likeness (QED) is 0.477. The fourth-order valence-corrected chi connectivity index (χ4v) is 2.15. The van der Waals surface area contributed by atoms with Crippen molar-refractivity contribution in [2.45, 2.75) is 32.6 Å². The van der Waals surface area contributed by atoms with Gasteiger partial charge in [-0.3, -0.25) is 10.4 Å². The summed E-state index contributed by atoms with van der Waals surface area (Å²) in [5, 5.41) is 7.36. The number of nitrogens with two attached hydrogens (primary N) is 1. The number of aromatic nitrogens is 1. The highest BCUT2D eigenvalue weighted by Crippen LogP contribution is 2.18. The van der Waals surface area contributed by atoms with E-state index in [9.17, 15) is 0 Å². The first-order valence-electron chi connectivity index (χ1n) is 7.10. The smallest absolute Gasteiger partial charge is 0.124 e. The van der Waals surface area contributed by atoms with Crippen molar-refractivity contribution < 1.29 is 0 Å². The number of nitrogens with zero attached hydrogens (tertiary/aromatic N) is 1. The Hall–Kier alpha value is -1.87. The number of amidine groups is 1. The Labute approximate surface area is 132 Å². The third-order valence-corrected chi connectivity index (χ3v) is 3.39. The molecule has 0 saturated heterocycles. The summed E-state index contributed by atoms with van der Waals surface area (Å²) in [7, 11) is 0. The van der Waals surface area contributed by atoms with Gasteiger partial charge in [0.15, 0.2) is 0 Å². The van der Waals surface area contributed by atoms with Crippen LogP contribution in [0, 0.1) is 5.41 Å². The Balaban J connectivity index is 0.00000220. The predicted octanol–water partition coefficient (Wildman–Crippen LogP) is 4.19. The van der Waals surface area contributed by atoms with E-state index < -0.39 is 0 Å². The number of halogens is 1. The third kappa shape index (κ3) is 4.87. The highest BCUT2D eigenvalue weighted by atomic mass is 35.5. The summed E-state index contributed by atoms with van der Waals surface area (Å²) in [6.45, 7) is 2.22. The molecule has 0 amide bonds. The number of benzene rings is 1. The molecule has 0 fully saturated rings.